The van der Waals surface area contributed by atoms with Gasteiger partial charge in [0.2, 0.25) is 0 Å². The molecule has 1 aliphatic heterocycles. The Bertz CT molecular complexity index is 167. The SMILES string of the molecule is CCN1CCC(NC(C)C(C)CO)CC1. The molecule has 3 heteroatoms. The van der Waals surface area contributed by atoms with E-state index in [2.05, 4.69) is 31.0 Å². The maximum absolute atomic E-state index is 9.07. The number of nitrogens with one attached hydrogen (secondary N) is 1. The van der Waals surface area contributed by atoms with Crippen molar-refractivity contribution in [2.75, 3.05) is 26.2 Å². The maximum Gasteiger partial charge on any atom is 0.0471 e. The van der Waals surface area contributed by atoms with Crippen molar-refractivity contribution < 1.29 is 5.11 Å². The molecule has 0 bridgehead atoms. The molecule has 2 N–H and O–H groups in total. The van der Waals surface area contributed by atoms with Crippen molar-refractivity contribution in [1.82, 2.24) is 10.2 Å². The molecule has 1 rings (SSSR count). The van der Waals surface area contributed by atoms with Gasteiger partial charge in [-0.05, 0) is 45.3 Å². The second-order valence-electron chi connectivity index (χ2n) is 4.82. The zero-order valence-corrected chi connectivity index (χ0v) is 10.4. The number of nitrogens with zero attached hydrogens (tertiary/aromatic N) is 1. The lowest BCUT2D eigenvalue weighted by Crippen LogP contribution is -2.47. The number of hydrogen-bond acceptors (Lipinski definition) is 3. The summed E-state index contributed by atoms with van der Waals surface area (Å²) in [6, 6.07) is 1.07. The number of aliphatic hydroxyl groups excluding tert-OH is 1. The topological polar surface area (TPSA) is 35.5 Å². The van der Waals surface area contributed by atoms with Crippen LogP contribution >= 0.6 is 0 Å². The standard InChI is InChI=1S/C12H26N2O/c1-4-14-7-5-12(6-8-14)13-11(3)10(2)9-15/h10-13,15H,4-9H2,1-3H3. The van der Waals surface area contributed by atoms with Gasteiger partial charge in [-0.2, -0.15) is 0 Å². The molecule has 15 heavy (non-hydrogen) atoms. The Hall–Kier alpha value is -0.120. The van der Waals surface area contributed by atoms with Gasteiger partial charge in [0, 0.05) is 18.7 Å². The Morgan fingerprint density at radius 2 is 1.93 bits per heavy atom. The van der Waals surface area contributed by atoms with Crippen LogP contribution in [0.15, 0.2) is 0 Å². The molecular weight excluding hydrogens is 188 g/mol. The molecule has 0 saturated carbocycles. The summed E-state index contributed by atoms with van der Waals surface area (Å²) in [5, 5.41) is 12.7. The van der Waals surface area contributed by atoms with E-state index >= 15 is 0 Å². The summed E-state index contributed by atoms with van der Waals surface area (Å²) in [4.78, 5) is 2.50. The molecule has 0 amide bonds. The first-order chi connectivity index (χ1) is 7.17. The fourth-order valence-corrected chi connectivity index (χ4v) is 2.11. The van der Waals surface area contributed by atoms with Crippen molar-refractivity contribution in [3.63, 3.8) is 0 Å². The molecular formula is C12H26N2O. The van der Waals surface area contributed by atoms with Gasteiger partial charge in [-0.3, -0.25) is 0 Å². The number of hydrogen-bond donors (Lipinski definition) is 2. The molecule has 2 atom stereocenters. The Kier molecular flexibility index (Phi) is 5.58. The molecule has 0 radical (unpaired) electrons. The molecule has 0 aliphatic carbocycles. The van der Waals surface area contributed by atoms with E-state index in [4.69, 9.17) is 5.11 Å². The molecule has 90 valence electrons. The smallest absolute Gasteiger partial charge is 0.0471 e. The molecule has 1 heterocycles. The quantitative estimate of drug-likeness (QED) is 0.719. The fourth-order valence-electron chi connectivity index (χ4n) is 2.11. The first kappa shape index (κ1) is 12.9. The molecule has 0 aromatic carbocycles. The number of rotatable bonds is 5. The van der Waals surface area contributed by atoms with E-state index in [1.54, 1.807) is 0 Å². The predicted octanol–water partition coefficient (Wildman–Crippen LogP) is 1.08. The lowest BCUT2D eigenvalue weighted by atomic mass is 9.99. The van der Waals surface area contributed by atoms with Gasteiger partial charge in [-0.25, -0.2) is 0 Å². The van der Waals surface area contributed by atoms with E-state index < -0.39 is 0 Å². The summed E-state index contributed by atoms with van der Waals surface area (Å²) >= 11 is 0. The van der Waals surface area contributed by atoms with Gasteiger partial charge in [0.25, 0.3) is 0 Å². The van der Waals surface area contributed by atoms with Gasteiger partial charge < -0.3 is 15.3 Å². The highest BCUT2D eigenvalue weighted by Gasteiger charge is 2.21. The van der Waals surface area contributed by atoms with Crippen molar-refractivity contribution in [3.05, 3.63) is 0 Å². The van der Waals surface area contributed by atoms with Crippen LogP contribution in [0, 0.1) is 5.92 Å². The number of aliphatic hydroxyl groups is 1. The minimum absolute atomic E-state index is 0.280. The average molecular weight is 214 g/mol. The Labute approximate surface area is 93.9 Å². The zero-order chi connectivity index (χ0) is 11.3. The third kappa shape index (κ3) is 4.09. The predicted molar refractivity (Wildman–Crippen MR) is 64.0 cm³/mol. The van der Waals surface area contributed by atoms with E-state index in [1.165, 1.54) is 32.5 Å². The fraction of sp³-hybridized carbons (Fsp3) is 1.00. The van der Waals surface area contributed by atoms with Gasteiger partial charge in [0.05, 0.1) is 0 Å². The van der Waals surface area contributed by atoms with E-state index in [9.17, 15) is 0 Å². The highest BCUT2D eigenvalue weighted by molar-refractivity contribution is 4.80. The minimum atomic E-state index is 0.280. The molecule has 2 unspecified atom stereocenters. The molecule has 3 nitrogen and oxygen atoms in total. The monoisotopic (exact) mass is 214 g/mol. The van der Waals surface area contributed by atoms with Crippen molar-refractivity contribution >= 4 is 0 Å². The minimum Gasteiger partial charge on any atom is -0.396 e. The van der Waals surface area contributed by atoms with Crippen LogP contribution in [-0.2, 0) is 0 Å². The van der Waals surface area contributed by atoms with E-state index in [1.807, 2.05) is 0 Å². The molecule has 1 saturated heterocycles. The zero-order valence-electron chi connectivity index (χ0n) is 10.4. The lowest BCUT2D eigenvalue weighted by molar-refractivity contribution is 0.169. The first-order valence-corrected chi connectivity index (χ1v) is 6.26. The van der Waals surface area contributed by atoms with Gasteiger partial charge in [0.1, 0.15) is 0 Å². The summed E-state index contributed by atoms with van der Waals surface area (Å²) in [5.41, 5.74) is 0. The summed E-state index contributed by atoms with van der Waals surface area (Å²) < 4.78 is 0. The average Bonchev–Trinajstić information content (AvgIpc) is 2.29. The molecule has 0 aromatic rings. The first-order valence-electron chi connectivity index (χ1n) is 6.26. The van der Waals surface area contributed by atoms with Gasteiger partial charge in [-0.15, -0.1) is 0 Å². The van der Waals surface area contributed by atoms with Crippen molar-refractivity contribution in [1.29, 1.82) is 0 Å². The number of piperidine rings is 1. The van der Waals surface area contributed by atoms with Crippen LogP contribution < -0.4 is 5.32 Å². The highest BCUT2D eigenvalue weighted by atomic mass is 16.3. The van der Waals surface area contributed by atoms with Gasteiger partial charge >= 0.3 is 0 Å². The summed E-state index contributed by atoms with van der Waals surface area (Å²) in [6.07, 6.45) is 2.49. The van der Waals surface area contributed by atoms with Crippen molar-refractivity contribution in [2.24, 2.45) is 5.92 Å². The molecule has 1 aliphatic rings. The second-order valence-corrected chi connectivity index (χ2v) is 4.82. The van der Waals surface area contributed by atoms with Crippen LogP contribution in [-0.4, -0.2) is 48.3 Å². The lowest BCUT2D eigenvalue weighted by Gasteiger charge is -2.34. The second kappa shape index (κ2) is 6.46. The normalized spacial score (nSPS) is 24.0. The van der Waals surface area contributed by atoms with Crippen LogP contribution in [0.4, 0.5) is 0 Å². The third-order valence-electron chi connectivity index (χ3n) is 3.67. The van der Waals surface area contributed by atoms with E-state index in [-0.39, 0.29) is 6.61 Å². The van der Waals surface area contributed by atoms with Crippen molar-refractivity contribution in [2.45, 2.75) is 45.7 Å². The summed E-state index contributed by atoms with van der Waals surface area (Å²) in [7, 11) is 0. The molecule has 1 fully saturated rings. The third-order valence-corrected chi connectivity index (χ3v) is 3.67. The van der Waals surface area contributed by atoms with Crippen molar-refractivity contribution in [3.8, 4) is 0 Å². The maximum atomic E-state index is 9.07. The molecule has 0 aromatic heterocycles. The van der Waals surface area contributed by atoms with Crippen LogP contribution in [0.25, 0.3) is 0 Å². The Morgan fingerprint density at radius 3 is 2.40 bits per heavy atom. The van der Waals surface area contributed by atoms with Crippen LogP contribution in [0.3, 0.4) is 0 Å². The van der Waals surface area contributed by atoms with E-state index in [0.717, 1.165) is 0 Å². The van der Waals surface area contributed by atoms with Gasteiger partial charge in [-0.1, -0.05) is 13.8 Å². The molecule has 0 spiro atoms. The van der Waals surface area contributed by atoms with Crippen LogP contribution in [0.2, 0.25) is 0 Å². The Morgan fingerprint density at radius 1 is 1.33 bits per heavy atom. The largest absolute Gasteiger partial charge is 0.396 e. The van der Waals surface area contributed by atoms with Crippen LogP contribution in [0.1, 0.15) is 33.6 Å². The summed E-state index contributed by atoms with van der Waals surface area (Å²) in [6.45, 7) is 10.4. The van der Waals surface area contributed by atoms with Gasteiger partial charge in [0.15, 0.2) is 0 Å². The van der Waals surface area contributed by atoms with E-state index in [0.29, 0.717) is 18.0 Å². The summed E-state index contributed by atoms with van der Waals surface area (Å²) in [5.74, 6) is 0.356. The van der Waals surface area contributed by atoms with Crippen LogP contribution in [0.5, 0.6) is 0 Å². The Balaban J connectivity index is 2.23. The number of likely N-dealkylation sites (tertiary alicyclic amines) is 1. The highest BCUT2D eigenvalue weighted by Crippen LogP contribution is 2.12.